The van der Waals surface area contributed by atoms with E-state index in [2.05, 4.69) is 80.3 Å². The summed E-state index contributed by atoms with van der Waals surface area (Å²) in [6.45, 7) is 10.3. The highest BCUT2D eigenvalue weighted by Crippen LogP contribution is 2.46. The molecule has 1 saturated carbocycles. The Balaban J connectivity index is 0.00000164. The maximum atomic E-state index is 13.2. The Bertz CT molecular complexity index is 1020. The highest BCUT2D eigenvalue weighted by molar-refractivity contribution is 9.12. The Morgan fingerprint density at radius 2 is 1.68 bits per heavy atom. The van der Waals surface area contributed by atoms with E-state index in [-0.39, 0.29) is 0 Å². The lowest BCUT2D eigenvalue weighted by Crippen LogP contribution is -2.44. The van der Waals surface area contributed by atoms with Gasteiger partial charge in [0.05, 0.1) is 6.04 Å². The standard InChI is InChI=1S/C31H42Br2N2O.C2H6/c1-3-4-21-5-7-22(8-6-21)17-28(36)35-13-11-23(12-14-35)30-29-24(15-20(2)16-27(29)33)9-10-25-18-26(32)19-34-31(25)30;1-2/h15-16,18-19,21-23,30-31,34H,3-14,17H2,1-2H3;1-2H3. The van der Waals surface area contributed by atoms with E-state index in [4.69, 9.17) is 0 Å². The lowest BCUT2D eigenvalue weighted by Gasteiger charge is -2.41. The van der Waals surface area contributed by atoms with Crippen molar-refractivity contribution in [3.63, 3.8) is 0 Å². The number of benzene rings is 1. The third-order valence-electron chi connectivity index (χ3n) is 9.39. The number of halogens is 2. The molecule has 0 spiro atoms. The van der Waals surface area contributed by atoms with Crippen LogP contribution in [0, 0.1) is 24.7 Å². The van der Waals surface area contributed by atoms with Gasteiger partial charge in [-0.1, -0.05) is 68.5 Å². The molecule has 2 aliphatic heterocycles. The molecule has 2 atom stereocenters. The molecule has 1 amide bonds. The number of hydrogen-bond acceptors (Lipinski definition) is 2. The molecule has 210 valence electrons. The van der Waals surface area contributed by atoms with Crippen LogP contribution >= 0.6 is 31.9 Å². The number of nitrogens with zero attached hydrogens (tertiary/aromatic N) is 1. The molecule has 0 aromatic heterocycles. The zero-order valence-electron chi connectivity index (χ0n) is 24.0. The topological polar surface area (TPSA) is 32.3 Å². The predicted molar refractivity (Wildman–Crippen MR) is 168 cm³/mol. The van der Waals surface area contributed by atoms with E-state index < -0.39 is 0 Å². The number of carbonyl (C=O) groups excluding carboxylic acids is 1. The van der Waals surface area contributed by atoms with Crippen molar-refractivity contribution in [2.45, 2.75) is 110 Å². The first-order valence-corrected chi connectivity index (χ1v) is 16.9. The summed E-state index contributed by atoms with van der Waals surface area (Å²) < 4.78 is 2.40. The van der Waals surface area contributed by atoms with Crippen LogP contribution in [0.15, 0.2) is 38.9 Å². The highest BCUT2D eigenvalue weighted by Gasteiger charge is 2.40. The van der Waals surface area contributed by atoms with Gasteiger partial charge in [0, 0.05) is 40.6 Å². The van der Waals surface area contributed by atoms with Gasteiger partial charge in [0.25, 0.3) is 0 Å². The van der Waals surface area contributed by atoms with Gasteiger partial charge in [-0.25, -0.2) is 0 Å². The van der Waals surface area contributed by atoms with Crippen LogP contribution in [0.5, 0.6) is 0 Å². The molecule has 0 bridgehead atoms. The zero-order valence-corrected chi connectivity index (χ0v) is 27.2. The summed E-state index contributed by atoms with van der Waals surface area (Å²) in [5.41, 5.74) is 5.83. The monoisotopic (exact) mass is 646 g/mol. The van der Waals surface area contributed by atoms with Crippen molar-refractivity contribution in [1.82, 2.24) is 10.2 Å². The Morgan fingerprint density at radius 3 is 2.37 bits per heavy atom. The Hall–Kier alpha value is -1.07. The van der Waals surface area contributed by atoms with E-state index >= 15 is 0 Å². The number of amides is 1. The van der Waals surface area contributed by atoms with Crippen LogP contribution in [0.3, 0.4) is 0 Å². The SMILES string of the molecule is CC.CCCC1CCC(CC(=O)N2CCC(C3c4c(Br)cc(C)cc4CCC4=CC(Br)=CNC43)CC2)CC1. The van der Waals surface area contributed by atoms with Gasteiger partial charge in [-0.2, -0.15) is 0 Å². The van der Waals surface area contributed by atoms with E-state index in [1.165, 1.54) is 65.3 Å². The molecule has 0 radical (unpaired) electrons. The summed E-state index contributed by atoms with van der Waals surface area (Å²) in [5.74, 6) is 2.92. The number of carbonyl (C=O) groups is 1. The van der Waals surface area contributed by atoms with Gasteiger partial charge < -0.3 is 10.2 Å². The van der Waals surface area contributed by atoms with Gasteiger partial charge in [-0.05, 0) is 114 Å². The van der Waals surface area contributed by atoms with E-state index in [0.29, 0.717) is 29.7 Å². The molecule has 38 heavy (non-hydrogen) atoms. The Morgan fingerprint density at radius 1 is 1.00 bits per heavy atom. The van der Waals surface area contributed by atoms with Crippen molar-refractivity contribution in [2.24, 2.45) is 17.8 Å². The van der Waals surface area contributed by atoms with Gasteiger partial charge in [-0.3, -0.25) is 4.79 Å². The third kappa shape index (κ3) is 6.97. The fourth-order valence-electron chi connectivity index (χ4n) is 7.52. The molecule has 5 heteroatoms. The smallest absolute Gasteiger partial charge is 0.222 e. The average molecular weight is 649 g/mol. The van der Waals surface area contributed by atoms with Crippen molar-refractivity contribution < 1.29 is 4.79 Å². The number of rotatable bonds is 5. The van der Waals surface area contributed by atoms with Crippen molar-refractivity contribution in [3.8, 4) is 0 Å². The largest absolute Gasteiger partial charge is 0.383 e. The number of hydrogen-bond donors (Lipinski definition) is 1. The van der Waals surface area contributed by atoms with E-state index in [1.54, 1.807) is 0 Å². The first kappa shape index (κ1) is 29.9. The molecule has 2 aliphatic carbocycles. The average Bonchev–Trinajstić information content (AvgIpc) is 3.08. The summed E-state index contributed by atoms with van der Waals surface area (Å²) in [7, 11) is 0. The second-order valence-corrected chi connectivity index (χ2v) is 13.6. The molecule has 2 heterocycles. The maximum absolute atomic E-state index is 13.2. The number of allylic oxidation sites excluding steroid dienone is 2. The van der Waals surface area contributed by atoms with Crippen molar-refractivity contribution >= 4 is 37.8 Å². The first-order chi connectivity index (χ1) is 18.4. The minimum Gasteiger partial charge on any atom is -0.383 e. The molecule has 1 saturated heterocycles. The van der Waals surface area contributed by atoms with Gasteiger partial charge in [0.1, 0.15) is 0 Å². The molecular formula is C33H48Br2N2O. The van der Waals surface area contributed by atoms with E-state index in [1.807, 2.05) is 13.8 Å². The van der Waals surface area contributed by atoms with Gasteiger partial charge in [-0.15, -0.1) is 0 Å². The minimum absolute atomic E-state index is 0.331. The van der Waals surface area contributed by atoms with E-state index in [9.17, 15) is 4.79 Å². The van der Waals surface area contributed by atoms with Crippen LogP contribution in [-0.4, -0.2) is 29.9 Å². The van der Waals surface area contributed by atoms with E-state index in [0.717, 1.165) is 55.6 Å². The van der Waals surface area contributed by atoms with Crippen LogP contribution in [0.2, 0.25) is 0 Å². The molecule has 1 N–H and O–H groups in total. The molecular weight excluding hydrogens is 600 g/mol. The van der Waals surface area contributed by atoms with Crippen LogP contribution in [-0.2, 0) is 11.2 Å². The van der Waals surface area contributed by atoms with Crippen molar-refractivity contribution in [3.05, 3.63) is 55.6 Å². The minimum atomic E-state index is 0.331. The Labute approximate surface area is 248 Å². The number of nitrogens with one attached hydrogen (secondary N) is 1. The van der Waals surface area contributed by atoms with Crippen LogP contribution in [0.4, 0.5) is 0 Å². The fraction of sp³-hybridized carbons (Fsp3) is 0.667. The first-order valence-electron chi connectivity index (χ1n) is 15.3. The second-order valence-electron chi connectivity index (χ2n) is 11.8. The summed E-state index contributed by atoms with van der Waals surface area (Å²) in [4.78, 5) is 15.4. The molecule has 2 unspecified atom stereocenters. The molecule has 1 aromatic carbocycles. The quantitative estimate of drug-likeness (QED) is 0.346. The third-order valence-corrected chi connectivity index (χ3v) is 10.5. The normalized spacial score (nSPS) is 27.5. The van der Waals surface area contributed by atoms with Crippen LogP contribution in [0.1, 0.15) is 108 Å². The summed E-state index contributed by atoms with van der Waals surface area (Å²) in [6.07, 6.45) is 17.5. The van der Waals surface area contributed by atoms with Crippen molar-refractivity contribution in [2.75, 3.05) is 13.1 Å². The highest BCUT2D eigenvalue weighted by atomic mass is 79.9. The predicted octanol–water partition coefficient (Wildman–Crippen LogP) is 9.18. The lowest BCUT2D eigenvalue weighted by molar-refractivity contribution is -0.134. The zero-order chi connectivity index (χ0) is 27.2. The molecule has 2 fully saturated rings. The lowest BCUT2D eigenvalue weighted by atomic mass is 9.73. The number of piperidine rings is 1. The Kier molecular flexibility index (Phi) is 11.0. The summed E-state index contributed by atoms with van der Waals surface area (Å²) >= 11 is 7.67. The number of aryl methyl sites for hydroxylation is 2. The summed E-state index contributed by atoms with van der Waals surface area (Å²) in [5, 5.41) is 3.76. The second kappa shape index (κ2) is 14.0. The maximum Gasteiger partial charge on any atom is 0.222 e. The van der Waals surface area contributed by atoms with Crippen molar-refractivity contribution in [1.29, 1.82) is 0 Å². The summed E-state index contributed by atoms with van der Waals surface area (Å²) in [6, 6.07) is 5.03. The number of likely N-dealkylation sites (tertiary alicyclic amines) is 1. The molecule has 4 aliphatic rings. The van der Waals surface area contributed by atoms with Crippen LogP contribution in [0.25, 0.3) is 0 Å². The number of fused-ring (bicyclic) bond motifs is 2. The molecule has 5 rings (SSSR count). The van der Waals surface area contributed by atoms with Gasteiger partial charge in [0.2, 0.25) is 5.91 Å². The van der Waals surface area contributed by atoms with Crippen LogP contribution < -0.4 is 5.32 Å². The molecule has 3 nitrogen and oxygen atoms in total. The molecule has 1 aromatic rings. The fourth-order valence-corrected chi connectivity index (χ4v) is 8.83. The van der Waals surface area contributed by atoms with Gasteiger partial charge >= 0.3 is 0 Å². The number of dihydropyridines is 1. The van der Waals surface area contributed by atoms with Gasteiger partial charge in [0.15, 0.2) is 0 Å².